The molecule has 0 radical (unpaired) electrons. The molecule has 2 heterocycles. The number of carbonyl (C=O) groups is 1. The number of benzene rings is 2. The number of rotatable bonds is 5. The van der Waals surface area contributed by atoms with Gasteiger partial charge in [-0.25, -0.2) is 4.79 Å². The van der Waals surface area contributed by atoms with Crippen molar-refractivity contribution < 1.29 is 9.90 Å². The first kappa shape index (κ1) is 17.4. The van der Waals surface area contributed by atoms with E-state index in [0.29, 0.717) is 0 Å². The predicted molar refractivity (Wildman–Crippen MR) is 112 cm³/mol. The van der Waals surface area contributed by atoms with Crippen LogP contribution in [0.5, 0.6) is 0 Å². The largest absolute Gasteiger partial charge is 0.478 e. The third kappa shape index (κ3) is 3.88. The van der Waals surface area contributed by atoms with Crippen molar-refractivity contribution in [2.45, 2.75) is 0 Å². The topological polar surface area (TPSA) is 78.9 Å². The standard InChI is InChI=1S/C23H17N3O2/c27-23(28)19-5-1-3-16(13-19)6-7-17-8-10-21-20(14-17)22(26-25-21)11-9-18-4-2-12-24-15-18/h1-15H,(H,25,26)(H,27,28). The number of carboxylic acids is 1. The molecular weight excluding hydrogens is 350 g/mol. The van der Waals surface area contributed by atoms with Gasteiger partial charge in [0.05, 0.1) is 16.8 Å². The van der Waals surface area contributed by atoms with Gasteiger partial charge in [0.25, 0.3) is 0 Å². The highest BCUT2D eigenvalue weighted by molar-refractivity contribution is 5.92. The third-order valence-electron chi connectivity index (χ3n) is 4.34. The maximum Gasteiger partial charge on any atom is 0.335 e. The van der Waals surface area contributed by atoms with Gasteiger partial charge in [-0.05, 0) is 53.1 Å². The fourth-order valence-corrected chi connectivity index (χ4v) is 2.90. The fraction of sp³-hybridized carbons (Fsp3) is 0. The number of pyridine rings is 1. The van der Waals surface area contributed by atoms with Gasteiger partial charge in [0.15, 0.2) is 0 Å². The van der Waals surface area contributed by atoms with E-state index < -0.39 is 5.97 Å². The molecule has 0 aliphatic rings. The molecule has 0 aliphatic carbocycles. The predicted octanol–water partition coefficient (Wildman–Crippen LogP) is 5.00. The first-order valence-corrected chi connectivity index (χ1v) is 8.77. The summed E-state index contributed by atoms with van der Waals surface area (Å²) >= 11 is 0. The molecule has 0 fully saturated rings. The number of carboxylic acid groups (broad SMARTS) is 1. The average Bonchev–Trinajstić information content (AvgIpc) is 3.14. The van der Waals surface area contributed by atoms with Crippen molar-refractivity contribution in [3.63, 3.8) is 0 Å². The molecule has 0 atom stereocenters. The molecule has 2 N–H and O–H groups in total. The van der Waals surface area contributed by atoms with Crippen LogP contribution < -0.4 is 0 Å². The summed E-state index contributed by atoms with van der Waals surface area (Å²) < 4.78 is 0. The highest BCUT2D eigenvalue weighted by atomic mass is 16.4. The highest BCUT2D eigenvalue weighted by Crippen LogP contribution is 2.21. The molecule has 4 rings (SSSR count). The van der Waals surface area contributed by atoms with E-state index in [-0.39, 0.29) is 5.56 Å². The summed E-state index contributed by atoms with van der Waals surface area (Å²) in [5.41, 5.74) is 4.93. The van der Waals surface area contributed by atoms with Crippen molar-refractivity contribution in [2.75, 3.05) is 0 Å². The minimum Gasteiger partial charge on any atom is -0.478 e. The summed E-state index contributed by atoms with van der Waals surface area (Å²) in [5.74, 6) is -0.930. The van der Waals surface area contributed by atoms with Gasteiger partial charge < -0.3 is 5.11 Å². The molecule has 0 spiro atoms. The van der Waals surface area contributed by atoms with Crippen LogP contribution in [0.15, 0.2) is 67.0 Å². The summed E-state index contributed by atoms with van der Waals surface area (Å²) in [4.78, 5) is 15.2. The summed E-state index contributed by atoms with van der Waals surface area (Å²) in [6, 6.07) is 16.8. The maximum atomic E-state index is 11.1. The SMILES string of the molecule is O=C(O)c1cccc(C=Cc2ccc3[nH]nc(C=Cc4cccnc4)c3c2)c1. The van der Waals surface area contributed by atoms with Crippen molar-refractivity contribution in [3.8, 4) is 0 Å². The zero-order valence-corrected chi connectivity index (χ0v) is 14.9. The van der Waals surface area contributed by atoms with E-state index in [1.807, 2.05) is 54.6 Å². The molecule has 4 aromatic rings. The van der Waals surface area contributed by atoms with Gasteiger partial charge in [0, 0.05) is 17.8 Å². The number of aromatic nitrogens is 3. The number of H-pyrrole nitrogens is 1. The first-order valence-electron chi connectivity index (χ1n) is 8.77. The summed E-state index contributed by atoms with van der Waals surface area (Å²) in [5, 5.41) is 17.5. The summed E-state index contributed by atoms with van der Waals surface area (Å²) in [6.07, 6.45) is 11.3. The van der Waals surface area contributed by atoms with E-state index in [9.17, 15) is 4.79 Å². The Morgan fingerprint density at radius 1 is 0.893 bits per heavy atom. The molecule has 28 heavy (non-hydrogen) atoms. The van der Waals surface area contributed by atoms with Crippen LogP contribution in [-0.2, 0) is 0 Å². The Balaban J connectivity index is 1.61. The summed E-state index contributed by atoms with van der Waals surface area (Å²) in [6.45, 7) is 0. The minimum atomic E-state index is -0.930. The Morgan fingerprint density at radius 3 is 2.46 bits per heavy atom. The second-order valence-corrected chi connectivity index (χ2v) is 6.30. The number of nitrogens with zero attached hydrogens (tertiary/aromatic N) is 2. The van der Waals surface area contributed by atoms with Crippen LogP contribution in [0.3, 0.4) is 0 Å². The van der Waals surface area contributed by atoms with Crippen LogP contribution in [-0.4, -0.2) is 26.3 Å². The Labute approximate surface area is 161 Å². The number of fused-ring (bicyclic) bond motifs is 1. The Hall–Kier alpha value is -3.99. The van der Waals surface area contributed by atoms with Gasteiger partial charge in [-0.3, -0.25) is 10.1 Å². The molecule has 2 aromatic carbocycles. The molecule has 0 amide bonds. The summed E-state index contributed by atoms with van der Waals surface area (Å²) in [7, 11) is 0. The van der Waals surface area contributed by atoms with Crippen LogP contribution >= 0.6 is 0 Å². The van der Waals surface area contributed by atoms with E-state index in [4.69, 9.17) is 5.11 Å². The van der Waals surface area contributed by atoms with Gasteiger partial charge in [0.1, 0.15) is 0 Å². The zero-order chi connectivity index (χ0) is 19.3. The number of aromatic carboxylic acids is 1. The van der Waals surface area contributed by atoms with Gasteiger partial charge in [-0.1, -0.05) is 42.5 Å². The van der Waals surface area contributed by atoms with E-state index in [2.05, 4.69) is 21.2 Å². The molecule has 136 valence electrons. The second kappa shape index (κ2) is 7.72. The van der Waals surface area contributed by atoms with E-state index >= 15 is 0 Å². The van der Waals surface area contributed by atoms with Crippen LogP contribution in [0, 0.1) is 0 Å². The minimum absolute atomic E-state index is 0.273. The lowest BCUT2D eigenvalue weighted by Gasteiger charge is -1.98. The van der Waals surface area contributed by atoms with Gasteiger partial charge in [-0.15, -0.1) is 0 Å². The maximum absolute atomic E-state index is 11.1. The van der Waals surface area contributed by atoms with Gasteiger partial charge >= 0.3 is 5.97 Å². The number of nitrogens with one attached hydrogen (secondary N) is 1. The van der Waals surface area contributed by atoms with Crippen molar-refractivity contribution in [1.82, 2.24) is 15.2 Å². The average molecular weight is 367 g/mol. The van der Waals surface area contributed by atoms with Crippen LogP contribution in [0.25, 0.3) is 35.2 Å². The lowest BCUT2D eigenvalue weighted by Crippen LogP contribution is -1.95. The van der Waals surface area contributed by atoms with Crippen molar-refractivity contribution >= 4 is 41.2 Å². The van der Waals surface area contributed by atoms with Crippen LogP contribution in [0.4, 0.5) is 0 Å². The van der Waals surface area contributed by atoms with Crippen LogP contribution in [0.1, 0.15) is 32.7 Å². The molecule has 5 heteroatoms. The van der Waals surface area contributed by atoms with Crippen LogP contribution in [0.2, 0.25) is 0 Å². The third-order valence-corrected chi connectivity index (χ3v) is 4.34. The molecule has 0 saturated heterocycles. The number of hydrogen-bond donors (Lipinski definition) is 2. The number of hydrogen-bond acceptors (Lipinski definition) is 3. The molecule has 0 saturated carbocycles. The van der Waals surface area contributed by atoms with Crippen molar-refractivity contribution in [1.29, 1.82) is 0 Å². The number of aromatic amines is 1. The lowest BCUT2D eigenvalue weighted by atomic mass is 10.1. The van der Waals surface area contributed by atoms with E-state index in [0.717, 1.165) is 33.3 Å². The second-order valence-electron chi connectivity index (χ2n) is 6.30. The Bertz CT molecular complexity index is 1190. The highest BCUT2D eigenvalue weighted by Gasteiger charge is 2.04. The molecule has 2 aromatic heterocycles. The normalized spacial score (nSPS) is 11.6. The van der Waals surface area contributed by atoms with Crippen molar-refractivity contribution in [2.24, 2.45) is 0 Å². The Kier molecular flexibility index (Phi) is 4.80. The molecule has 0 unspecified atom stereocenters. The fourth-order valence-electron chi connectivity index (χ4n) is 2.90. The molecule has 0 bridgehead atoms. The molecular formula is C23H17N3O2. The van der Waals surface area contributed by atoms with E-state index in [1.165, 1.54) is 0 Å². The smallest absolute Gasteiger partial charge is 0.335 e. The van der Waals surface area contributed by atoms with Gasteiger partial charge in [-0.2, -0.15) is 5.10 Å². The van der Waals surface area contributed by atoms with Gasteiger partial charge in [0.2, 0.25) is 0 Å². The first-order chi connectivity index (χ1) is 13.7. The molecule has 5 nitrogen and oxygen atoms in total. The quantitative estimate of drug-likeness (QED) is 0.487. The monoisotopic (exact) mass is 367 g/mol. The lowest BCUT2D eigenvalue weighted by molar-refractivity contribution is 0.0697. The van der Waals surface area contributed by atoms with E-state index in [1.54, 1.807) is 30.6 Å². The Morgan fingerprint density at radius 2 is 1.68 bits per heavy atom. The zero-order valence-electron chi connectivity index (χ0n) is 14.9. The molecule has 0 aliphatic heterocycles. The van der Waals surface area contributed by atoms with Crippen molar-refractivity contribution in [3.05, 3.63) is 94.9 Å².